The summed E-state index contributed by atoms with van der Waals surface area (Å²) in [7, 11) is 0. The molecule has 1 atom stereocenters. The molecule has 0 aliphatic carbocycles. The van der Waals surface area contributed by atoms with Crippen molar-refractivity contribution < 1.29 is 9.18 Å². The molecule has 0 saturated heterocycles. The predicted octanol–water partition coefficient (Wildman–Crippen LogP) is 2.94. The average Bonchev–Trinajstić information content (AvgIpc) is 3.28. The number of para-hydroxylation sites is 1. The number of benzene rings is 2. The molecule has 4 rings (SSSR count). The van der Waals surface area contributed by atoms with Crippen LogP contribution in [0.3, 0.4) is 0 Å². The Morgan fingerprint density at radius 3 is 2.81 bits per heavy atom. The maximum Gasteiger partial charge on any atom is 0.250 e. The van der Waals surface area contributed by atoms with E-state index >= 15 is 0 Å². The Labute approximate surface area is 156 Å². The van der Waals surface area contributed by atoms with Crippen LogP contribution in [-0.4, -0.2) is 27.0 Å². The van der Waals surface area contributed by atoms with Crippen molar-refractivity contribution in [2.45, 2.75) is 19.0 Å². The molecule has 1 aliphatic heterocycles. The number of imidazole rings is 1. The summed E-state index contributed by atoms with van der Waals surface area (Å²) >= 11 is 0. The molecule has 1 aromatic heterocycles. The predicted molar refractivity (Wildman–Crippen MR) is 100 cm³/mol. The molecule has 27 heavy (non-hydrogen) atoms. The van der Waals surface area contributed by atoms with Crippen molar-refractivity contribution in [2.75, 3.05) is 12.0 Å². The number of rotatable bonds is 6. The molecule has 2 heterocycles. The number of nitrogens with zero attached hydrogens (tertiary/aromatic N) is 3. The molecule has 1 amide bonds. The Bertz CT molecular complexity index is 957. The number of hydrogen-bond acceptors (Lipinski definition) is 4. The standard InChI is InChI=1S/C20H20FN5O/c21-15-5-1-4-14(12-15)19-16-6-2-7-17(20(22)27)18(16)24-26(19)10-3-9-25-11-8-23-13-25/h1-2,4-8,11-13,19,24H,3,9-10H2,(H2,22,27). The number of aromatic nitrogens is 2. The molecule has 3 aromatic rings. The minimum Gasteiger partial charge on any atom is -0.366 e. The lowest BCUT2D eigenvalue weighted by Crippen LogP contribution is -2.30. The summed E-state index contributed by atoms with van der Waals surface area (Å²) in [5.74, 6) is -0.775. The second-order valence-electron chi connectivity index (χ2n) is 6.55. The number of halogens is 1. The van der Waals surface area contributed by atoms with Crippen LogP contribution in [0.1, 0.15) is 33.9 Å². The lowest BCUT2D eigenvalue weighted by Gasteiger charge is -2.25. The number of fused-ring (bicyclic) bond motifs is 1. The van der Waals surface area contributed by atoms with Crippen LogP contribution in [0.2, 0.25) is 0 Å². The Balaban J connectivity index is 1.65. The van der Waals surface area contributed by atoms with Gasteiger partial charge in [-0.1, -0.05) is 24.3 Å². The lowest BCUT2D eigenvalue weighted by atomic mass is 9.96. The maximum atomic E-state index is 13.8. The molecule has 3 N–H and O–H groups in total. The third-order valence-electron chi connectivity index (χ3n) is 4.76. The van der Waals surface area contributed by atoms with E-state index < -0.39 is 5.91 Å². The van der Waals surface area contributed by atoms with Crippen LogP contribution in [-0.2, 0) is 6.54 Å². The molecule has 0 saturated carbocycles. The van der Waals surface area contributed by atoms with Gasteiger partial charge in [0.25, 0.3) is 5.91 Å². The molecule has 0 radical (unpaired) electrons. The van der Waals surface area contributed by atoms with Crippen LogP contribution in [0, 0.1) is 5.82 Å². The van der Waals surface area contributed by atoms with Crippen LogP contribution < -0.4 is 11.2 Å². The molecular weight excluding hydrogens is 345 g/mol. The van der Waals surface area contributed by atoms with Crippen molar-refractivity contribution in [2.24, 2.45) is 5.73 Å². The van der Waals surface area contributed by atoms with Gasteiger partial charge in [0.15, 0.2) is 0 Å². The quantitative estimate of drug-likeness (QED) is 0.704. The Kier molecular flexibility index (Phi) is 4.60. The highest BCUT2D eigenvalue weighted by molar-refractivity contribution is 5.99. The molecule has 0 fully saturated rings. The van der Waals surface area contributed by atoms with E-state index in [-0.39, 0.29) is 11.9 Å². The number of anilines is 1. The van der Waals surface area contributed by atoms with Gasteiger partial charge in [0.2, 0.25) is 0 Å². The van der Waals surface area contributed by atoms with E-state index in [0.717, 1.165) is 24.1 Å². The van der Waals surface area contributed by atoms with Crippen molar-refractivity contribution in [3.63, 3.8) is 0 Å². The van der Waals surface area contributed by atoms with Gasteiger partial charge in [-0.05, 0) is 30.2 Å². The number of amides is 1. The molecular formula is C20H20FN5O. The van der Waals surface area contributed by atoms with Gasteiger partial charge in [-0.25, -0.2) is 14.4 Å². The number of hydrogen-bond donors (Lipinski definition) is 2. The molecule has 7 heteroatoms. The van der Waals surface area contributed by atoms with E-state index in [9.17, 15) is 9.18 Å². The van der Waals surface area contributed by atoms with Crippen molar-refractivity contribution in [3.05, 3.63) is 83.7 Å². The maximum absolute atomic E-state index is 13.8. The van der Waals surface area contributed by atoms with E-state index in [1.807, 2.05) is 34.0 Å². The van der Waals surface area contributed by atoms with Crippen molar-refractivity contribution in [1.82, 2.24) is 14.6 Å². The summed E-state index contributed by atoms with van der Waals surface area (Å²) < 4.78 is 15.9. The average molecular weight is 365 g/mol. The largest absolute Gasteiger partial charge is 0.366 e. The normalized spacial score (nSPS) is 16.1. The summed E-state index contributed by atoms with van der Waals surface area (Å²) in [6.07, 6.45) is 6.30. The lowest BCUT2D eigenvalue weighted by molar-refractivity contribution is 0.100. The first-order valence-electron chi connectivity index (χ1n) is 8.80. The first-order valence-corrected chi connectivity index (χ1v) is 8.80. The Morgan fingerprint density at radius 1 is 1.22 bits per heavy atom. The molecule has 0 spiro atoms. The summed E-state index contributed by atoms with van der Waals surface area (Å²) in [5, 5.41) is 2.03. The highest BCUT2D eigenvalue weighted by Gasteiger charge is 2.33. The van der Waals surface area contributed by atoms with Gasteiger partial charge < -0.3 is 15.7 Å². The zero-order chi connectivity index (χ0) is 18.8. The molecule has 2 aromatic carbocycles. The summed E-state index contributed by atoms with van der Waals surface area (Å²) in [5.41, 5.74) is 11.7. The Hall–Kier alpha value is -3.19. The summed E-state index contributed by atoms with van der Waals surface area (Å²) in [4.78, 5) is 15.9. The van der Waals surface area contributed by atoms with Gasteiger partial charge in [-0.2, -0.15) is 0 Å². The minimum absolute atomic E-state index is 0.196. The zero-order valence-corrected chi connectivity index (χ0v) is 14.7. The van der Waals surface area contributed by atoms with E-state index in [0.29, 0.717) is 17.8 Å². The number of nitrogens with two attached hydrogens (primary N) is 1. The van der Waals surface area contributed by atoms with Crippen LogP contribution in [0.5, 0.6) is 0 Å². The third kappa shape index (κ3) is 3.41. The number of carbonyl (C=O) groups is 1. The molecule has 138 valence electrons. The van der Waals surface area contributed by atoms with Gasteiger partial charge in [0.05, 0.1) is 23.6 Å². The SMILES string of the molecule is NC(=O)c1cccc2c1NN(CCCn1ccnc1)C2c1cccc(F)c1. The van der Waals surface area contributed by atoms with Gasteiger partial charge in [0, 0.05) is 31.0 Å². The number of hydrazine groups is 1. The highest BCUT2D eigenvalue weighted by Crippen LogP contribution is 2.41. The second-order valence-corrected chi connectivity index (χ2v) is 6.55. The van der Waals surface area contributed by atoms with Crippen molar-refractivity contribution in [3.8, 4) is 0 Å². The second kappa shape index (κ2) is 7.20. The molecule has 1 unspecified atom stereocenters. The minimum atomic E-state index is -0.488. The Morgan fingerprint density at radius 2 is 2.07 bits per heavy atom. The first kappa shape index (κ1) is 17.2. The van der Waals surface area contributed by atoms with E-state index in [1.165, 1.54) is 12.1 Å². The monoisotopic (exact) mass is 365 g/mol. The van der Waals surface area contributed by atoms with Crippen LogP contribution in [0.15, 0.2) is 61.2 Å². The smallest absolute Gasteiger partial charge is 0.250 e. The van der Waals surface area contributed by atoms with E-state index in [2.05, 4.69) is 10.4 Å². The van der Waals surface area contributed by atoms with Crippen LogP contribution in [0.4, 0.5) is 10.1 Å². The zero-order valence-electron chi connectivity index (χ0n) is 14.7. The van der Waals surface area contributed by atoms with Crippen LogP contribution >= 0.6 is 0 Å². The van der Waals surface area contributed by atoms with Gasteiger partial charge in [-0.15, -0.1) is 0 Å². The van der Waals surface area contributed by atoms with Crippen LogP contribution in [0.25, 0.3) is 0 Å². The molecule has 0 bridgehead atoms. The van der Waals surface area contributed by atoms with Gasteiger partial charge >= 0.3 is 0 Å². The number of primary amides is 1. The van der Waals surface area contributed by atoms with Crippen molar-refractivity contribution >= 4 is 11.6 Å². The summed E-state index contributed by atoms with van der Waals surface area (Å²) in [6.45, 7) is 1.51. The molecule has 6 nitrogen and oxygen atoms in total. The third-order valence-corrected chi connectivity index (χ3v) is 4.76. The highest BCUT2D eigenvalue weighted by atomic mass is 19.1. The summed E-state index contributed by atoms with van der Waals surface area (Å²) in [6, 6.07) is 11.8. The number of nitrogens with one attached hydrogen (secondary N) is 1. The fourth-order valence-corrected chi connectivity index (χ4v) is 3.57. The topological polar surface area (TPSA) is 76.2 Å². The number of carbonyl (C=O) groups excluding carboxylic acids is 1. The van der Waals surface area contributed by atoms with E-state index in [4.69, 9.17) is 5.73 Å². The van der Waals surface area contributed by atoms with Gasteiger partial charge in [0.1, 0.15) is 5.82 Å². The molecule has 1 aliphatic rings. The van der Waals surface area contributed by atoms with E-state index in [1.54, 1.807) is 24.7 Å². The first-order chi connectivity index (χ1) is 13.1. The number of aryl methyl sites for hydroxylation is 1. The fraction of sp³-hybridized carbons (Fsp3) is 0.200. The fourth-order valence-electron chi connectivity index (χ4n) is 3.57. The van der Waals surface area contributed by atoms with Gasteiger partial charge in [-0.3, -0.25) is 4.79 Å². The van der Waals surface area contributed by atoms with Crippen molar-refractivity contribution in [1.29, 1.82) is 0 Å².